The standard InChI is InChI=1S/C33H43FN4O4.CH4/c1-6-12-28(15-11-18-35-23-39)37-33(41)26(5)38(22-27-13-8-9-16-30(27)34)31-17-10-14-29(20-24(31)3)36-32(40)21-25(4)42-19-7-2;/h6,8-9,11-17,20,23,25-26H,1,7,10,18-19,21-22H2,2-5H3,(H,35,39)(H,36,40)(H,37,41);1H4/b15-11-,28-12+;. The van der Waals surface area contributed by atoms with E-state index in [1.807, 2.05) is 43.9 Å². The molecule has 0 spiro atoms. The smallest absolute Gasteiger partial charge is 0.246 e. The minimum Gasteiger partial charge on any atom is -0.378 e. The molecule has 0 fully saturated rings. The zero-order valence-electron chi connectivity index (χ0n) is 25.0. The number of carbonyl (C=O) groups is 3. The Kier molecular flexibility index (Phi) is 16.9. The summed E-state index contributed by atoms with van der Waals surface area (Å²) in [4.78, 5) is 38.5. The first-order chi connectivity index (χ1) is 20.2. The molecule has 0 saturated carbocycles. The molecule has 43 heavy (non-hydrogen) atoms. The average Bonchev–Trinajstić information content (AvgIpc) is 3.13. The second kappa shape index (κ2) is 19.8. The van der Waals surface area contributed by atoms with E-state index >= 15 is 0 Å². The zero-order chi connectivity index (χ0) is 30.9. The van der Waals surface area contributed by atoms with Crippen LogP contribution in [0, 0.1) is 5.82 Å². The number of allylic oxidation sites excluding steroid dienone is 7. The predicted octanol–water partition coefficient (Wildman–Crippen LogP) is 5.58. The van der Waals surface area contributed by atoms with E-state index in [1.54, 1.807) is 49.4 Å². The molecule has 8 nitrogen and oxygen atoms in total. The first kappa shape index (κ1) is 36.8. The summed E-state index contributed by atoms with van der Waals surface area (Å²) in [5.74, 6) is -0.825. The molecule has 2 atom stereocenters. The van der Waals surface area contributed by atoms with E-state index in [4.69, 9.17) is 4.74 Å². The van der Waals surface area contributed by atoms with Gasteiger partial charge in [-0.25, -0.2) is 4.39 Å². The summed E-state index contributed by atoms with van der Waals surface area (Å²) in [7, 11) is 0. The number of halogens is 1. The van der Waals surface area contributed by atoms with Gasteiger partial charge in [-0.05, 0) is 63.5 Å². The zero-order valence-corrected chi connectivity index (χ0v) is 25.0. The van der Waals surface area contributed by atoms with E-state index in [-0.39, 0.29) is 44.1 Å². The van der Waals surface area contributed by atoms with Crippen LogP contribution >= 0.6 is 0 Å². The van der Waals surface area contributed by atoms with Gasteiger partial charge in [0.25, 0.3) is 0 Å². The van der Waals surface area contributed by atoms with E-state index in [0.29, 0.717) is 42.9 Å². The number of nitrogens with one attached hydrogen (secondary N) is 3. The van der Waals surface area contributed by atoms with Gasteiger partial charge in [-0.15, -0.1) is 0 Å². The lowest BCUT2D eigenvalue weighted by molar-refractivity contribution is -0.124. The number of rotatable bonds is 17. The van der Waals surface area contributed by atoms with E-state index in [9.17, 15) is 18.8 Å². The third-order valence-electron chi connectivity index (χ3n) is 6.42. The molecule has 0 bridgehead atoms. The summed E-state index contributed by atoms with van der Waals surface area (Å²) in [6.45, 7) is 12.3. The van der Waals surface area contributed by atoms with Crippen molar-refractivity contribution in [1.29, 1.82) is 0 Å². The Balaban J connectivity index is 0.00000924. The third kappa shape index (κ3) is 12.7. The fraction of sp³-hybridized carbons (Fsp3) is 0.382. The topological polar surface area (TPSA) is 99.8 Å². The molecule has 3 N–H and O–H groups in total. The molecule has 1 aliphatic carbocycles. The monoisotopic (exact) mass is 594 g/mol. The molecule has 234 valence electrons. The van der Waals surface area contributed by atoms with Crippen LogP contribution in [-0.2, 0) is 25.7 Å². The van der Waals surface area contributed by atoms with Crippen molar-refractivity contribution in [2.24, 2.45) is 0 Å². The molecule has 2 rings (SSSR count). The molecule has 0 aliphatic heterocycles. The second-order valence-corrected chi connectivity index (χ2v) is 9.92. The largest absolute Gasteiger partial charge is 0.378 e. The molecule has 2 unspecified atom stereocenters. The lowest BCUT2D eigenvalue weighted by Gasteiger charge is -2.33. The van der Waals surface area contributed by atoms with Gasteiger partial charge in [0.15, 0.2) is 0 Å². The maximum atomic E-state index is 14.8. The summed E-state index contributed by atoms with van der Waals surface area (Å²) in [5, 5.41) is 8.39. The molecule has 9 heteroatoms. The highest BCUT2D eigenvalue weighted by Crippen LogP contribution is 2.26. The minimum absolute atomic E-state index is 0. The van der Waals surface area contributed by atoms with Gasteiger partial charge in [-0.2, -0.15) is 0 Å². The third-order valence-corrected chi connectivity index (χ3v) is 6.42. The van der Waals surface area contributed by atoms with E-state index in [1.165, 1.54) is 6.07 Å². The van der Waals surface area contributed by atoms with Gasteiger partial charge in [0.05, 0.1) is 12.5 Å². The highest BCUT2D eigenvalue weighted by atomic mass is 19.1. The molecule has 1 aromatic carbocycles. The van der Waals surface area contributed by atoms with Crippen molar-refractivity contribution in [1.82, 2.24) is 20.9 Å². The van der Waals surface area contributed by atoms with Crippen molar-refractivity contribution >= 4 is 18.2 Å². The number of hydrogen-bond acceptors (Lipinski definition) is 5. The quantitative estimate of drug-likeness (QED) is 0.124. The van der Waals surface area contributed by atoms with Crippen molar-refractivity contribution < 1.29 is 23.5 Å². The van der Waals surface area contributed by atoms with Gasteiger partial charge < -0.3 is 25.6 Å². The fourth-order valence-corrected chi connectivity index (χ4v) is 4.30. The van der Waals surface area contributed by atoms with Gasteiger partial charge in [0, 0.05) is 42.4 Å². The Morgan fingerprint density at radius 3 is 2.63 bits per heavy atom. The first-order valence-corrected chi connectivity index (χ1v) is 14.2. The normalized spacial score (nSPS) is 14.6. The summed E-state index contributed by atoms with van der Waals surface area (Å²) in [6, 6.07) is 5.77. The number of amides is 3. The lowest BCUT2D eigenvalue weighted by Crippen LogP contribution is -2.44. The van der Waals surface area contributed by atoms with E-state index in [0.717, 1.165) is 17.7 Å². The van der Waals surface area contributed by atoms with Crippen molar-refractivity contribution in [2.75, 3.05) is 13.2 Å². The Bertz CT molecular complexity index is 1250. The van der Waals surface area contributed by atoms with Crippen molar-refractivity contribution in [3.8, 4) is 0 Å². The Labute approximate surface area is 256 Å². The maximum Gasteiger partial charge on any atom is 0.246 e. The van der Waals surface area contributed by atoms with Crippen LogP contribution in [0.2, 0.25) is 0 Å². The molecule has 1 aromatic rings. The van der Waals surface area contributed by atoms with Crippen LogP contribution in [-0.4, -0.2) is 48.4 Å². The predicted molar refractivity (Wildman–Crippen MR) is 171 cm³/mol. The SMILES string of the molecule is C.C=C/C=C(\C=C/CNC=O)NC(=O)C(C)N(Cc1ccccc1F)C1=CCC=C(NC(=O)CC(C)OCCC)C=C1C. The van der Waals surface area contributed by atoms with Gasteiger partial charge in [-0.3, -0.25) is 14.4 Å². The van der Waals surface area contributed by atoms with Gasteiger partial charge in [0.2, 0.25) is 18.2 Å². The fourth-order valence-electron chi connectivity index (χ4n) is 4.30. The molecule has 0 saturated heterocycles. The van der Waals surface area contributed by atoms with Crippen LogP contribution in [0.3, 0.4) is 0 Å². The minimum atomic E-state index is -0.707. The maximum absolute atomic E-state index is 14.8. The average molecular weight is 595 g/mol. The number of ether oxygens (including phenoxy) is 1. The van der Waals surface area contributed by atoms with Crippen molar-refractivity contribution in [3.63, 3.8) is 0 Å². The Morgan fingerprint density at radius 2 is 1.95 bits per heavy atom. The first-order valence-electron chi connectivity index (χ1n) is 14.2. The molecule has 1 aliphatic rings. The Morgan fingerprint density at radius 1 is 1.21 bits per heavy atom. The molecule has 0 heterocycles. The molecule has 0 aromatic heterocycles. The van der Waals surface area contributed by atoms with Gasteiger partial charge >= 0.3 is 0 Å². The lowest BCUT2D eigenvalue weighted by atomic mass is 10.1. The summed E-state index contributed by atoms with van der Waals surface area (Å²) in [5.41, 5.74) is 3.15. The second-order valence-electron chi connectivity index (χ2n) is 9.92. The van der Waals surface area contributed by atoms with E-state index in [2.05, 4.69) is 22.5 Å². The summed E-state index contributed by atoms with van der Waals surface area (Å²) in [6.07, 6.45) is 14.3. The van der Waals surface area contributed by atoms with Gasteiger partial charge in [0.1, 0.15) is 11.9 Å². The summed E-state index contributed by atoms with van der Waals surface area (Å²) >= 11 is 0. The molecule has 3 amide bonds. The van der Waals surface area contributed by atoms with Crippen LogP contribution < -0.4 is 16.0 Å². The van der Waals surface area contributed by atoms with Crippen LogP contribution in [0.1, 0.15) is 59.9 Å². The molecular formula is C34H47FN4O4. The van der Waals surface area contributed by atoms with Crippen LogP contribution in [0.4, 0.5) is 4.39 Å². The van der Waals surface area contributed by atoms with E-state index < -0.39 is 6.04 Å². The number of carbonyl (C=O) groups excluding carboxylic acids is 3. The van der Waals surface area contributed by atoms with Gasteiger partial charge in [-0.1, -0.05) is 63.4 Å². The summed E-state index contributed by atoms with van der Waals surface area (Å²) < 4.78 is 20.4. The number of hydrogen-bond donors (Lipinski definition) is 3. The number of benzene rings is 1. The highest BCUT2D eigenvalue weighted by Gasteiger charge is 2.26. The van der Waals surface area contributed by atoms with Crippen molar-refractivity contribution in [3.05, 3.63) is 107 Å². The Hall–Kier alpha value is -4.24. The van der Waals surface area contributed by atoms with Crippen LogP contribution in [0.25, 0.3) is 0 Å². The highest BCUT2D eigenvalue weighted by molar-refractivity contribution is 5.84. The molecule has 0 radical (unpaired) electrons. The number of nitrogens with zero attached hydrogens (tertiary/aromatic N) is 1. The molecular weight excluding hydrogens is 547 g/mol. The van der Waals surface area contributed by atoms with Crippen LogP contribution in [0.5, 0.6) is 0 Å². The van der Waals surface area contributed by atoms with Crippen molar-refractivity contribution in [2.45, 2.75) is 73.1 Å². The van der Waals surface area contributed by atoms with Crippen LogP contribution in [0.15, 0.2) is 96.0 Å².